The van der Waals surface area contributed by atoms with Gasteiger partial charge < -0.3 is 9.31 Å². The molecule has 1 aromatic carbocycles. The summed E-state index contributed by atoms with van der Waals surface area (Å²) in [6.45, 7) is 9.55. The maximum Gasteiger partial charge on any atom is 0.495 e. The molecule has 4 heteroatoms. The van der Waals surface area contributed by atoms with E-state index in [2.05, 4.69) is 0 Å². The van der Waals surface area contributed by atoms with Crippen molar-refractivity contribution in [3.05, 3.63) is 42.0 Å². The molecule has 1 saturated heterocycles. The first-order valence-corrected chi connectivity index (χ1v) is 6.86. The third kappa shape index (κ3) is 2.86. The van der Waals surface area contributed by atoms with Gasteiger partial charge in [-0.05, 0) is 51.7 Å². The normalized spacial score (nSPS) is 21.1. The maximum absolute atomic E-state index is 11.5. The van der Waals surface area contributed by atoms with Gasteiger partial charge in [0.05, 0.1) is 11.2 Å². The Morgan fingerprint density at radius 2 is 1.55 bits per heavy atom. The summed E-state index contributed by atoms with van der Waals surface area (Å²) in [5.74, 6) is -0.0152. The summed E-state index contributed by atoms with van der Waals surface area (Å²) in [6.07, 6.45) is 1.59. The fraction of sp³-hybridized carbons (Fsp3) is 0.438. The molecule has 0 saturated carbocycles. The van der Waals surface area contributed by atoms with E-state index in [4.69, 9.17) is 9.31 Å². The molecule has 1 aliphatic heterocycles. The zero-order valence-corrected chi connectivity index (χ0v) is 12.8. The topological polar surface area (TPSA) is 35.5 Å². The van der Waals surface area contributed by atoms with Crippen LogP contribution in [0.25, 0.3) is 5.47 Å². The average molecular weight is 272 g/mol. The molecule has 3 nitrogen and oxygen atoms in total. The Morgan fingerprint density at radius 1 is 1.05 bits per heavy atom. The lowest BCUT2D eigenvalue weighted by Gasteiger charge is -2.32. The average Bonchev–Trinajstić information content (AvgIpc) is 2.56. The number of benzene rings is 1. The lowest BCUT2D eigenvalue weighted by atomic mass is 9.73. The van der Waals surface area contributed by atoms with E-state index in [1.165, 1.54) is 6.92 Å². The molecule has 1 aliphatic rings. The molecule has 0 bridgehead atoms. The molecule has 20 heavy (non-hydrogen) atoms. The van der Waals surface area contributed by atoms with Gasteiger partial charge in [-0.15, -0.1) is 0 Å². The van der Waals surface area contributed by atoms with Gasteiger partial charge in [-0.1, -0.05) is 30.3 Å². The summed E-state index contributed by atoms with van der Waals surface area (Å²) in [7, 11) is -0.522. The minimum atomic E-state index is -0.522. The molecule has 0 unspecified atom stereocenters. The van der Waals surface area contributed by atoms with Crippen molar-refractivity contribution >= 4 is 18.4 Å². The Balaban J connectivity index is 2.39. The van der Waals surface area contributed by atoms with Crippen molar-refractivity contribution in [2.45, 2.75) is 45.8 Å². The van der Waals surface area contributed by atoms with E-state index in [-0.39, 0.29) is 5.78 Å². The van der Waals surface area contributed by atoms with Crippen molar-refractivity contribution in [2.75, 3.05) is 0 Å². The highest BCUT2D eigenvalue weighted by Gasteiger charge is 2.52. The van der Waals surface area contributed by atoms with Crippen LogP contribution >= 0.6 is 0 Å². The molecule has 0 N–H and O–H groups in total. The number of rotatable bonds is 3. The van der Waals surface area contributed by atoms with Crippen molar-refractivity contribution in [1.82, 2.24) is 0 Å². The van der Waals surface area contributed by atoms with Crippen LogP contribution < -0.4 is 0 Å². The molecule has 1 fully saturated rings. The van der Waals surface area contributed by atoms with E-state index in [1.807, 2.05) is 58.0 Å². The van der Waals surface area contributed by atoms with E-state index >= 15 is 0 Å². The van der Waals surface area contributed by atoms with Crippen LogP contribution in [-0.4, -0.2) is 24.1 Å². The van der Waals surface area contributed by atoms with Crippen molar-refractivity contribution in [1.29, 1.82) is 0 Å². The minimum Gasteiger partial charge on any atom is -0.399 e. The highest BCUT2D eigenvalue weighted by Crippen LogP contribution is 2.40. The molecular weight excluding hydrogens is 251 g/mol. The van der Waals surface area contributed by atoms with Gasteiger partial charge in [0.15, 0.2) is 5.78 Å². The summed E-state index contributed by atoms with van der Waals surface area (Å²) < 4.78 is 12.1. The van der Waals surface area contributed by atoms with Crippen molar-refractivity contribution in [3.63, 3.8) is 0 Å². The monoisotopic (exact) mass is 272 g/mol. The summed E-state index contributed by atoms with van der Waals surface area (Å²) in [6, 6.07) is 9.74. The van der Waals surface area contributed by atoms with Gasteiger partial charge in [0.2, 0.25) is 0 Å². The number of ketones is 1. The molecule has 0 atom stereocenters. The Bertz CT molecular complexity index is 516. The largest absolute Gasteiger partial charge is 0.495 e. The molecule has 0 radical (unpaired) electrons. The van der Waals surface area contributed by atoms with Gasteiger partial charge in [0.1, 0.15) is 0 Å². The highest BCUT2D eigenvalue weighted by atomic mass is 16.7. The lowest BCUT2D eigenvalue weighted by Crippen LogP contribution is -2.41. The predicted molar refractivity (Wildman–Crippen MR) is 81.2 cm³/mol. The Morgan fingerprint density at radius 3 is 2.00 bits per heavy atom. The van der Waals surface area contributed by atoms with Gasteiger partial charge in [-0.3, -0.25) is 4.79 Å². The van der Waals surface area contributed by atoms with Crippen molar-refractivity contribution in [2.24, 2.45) is 0 Å². The van der Waals surface area contributed by atoms with Gasteiger partial charge >= 0.3 is 7.12 Å². The fourth-order valence-electron chi connectivity index (χ4n) is 2.11. The summed E-state index contributed by atoms with van der Waals surface area (Å²) in [4.78, 5) is 11.5. The van der Waals surface area contributed by atoms with Crippen LogP contribution in [0, 0.1) is 0 Å². The Labute approximate surface area is 121 Å². The molecule has 1 aromatic rings. The van der Waals surface area contributed by atoms with E-state index in [0.29, 0.717) is 0 Å². The van der Waals surface area contributed by atoms with E-state index in [9.17, 15) is 4.79 Å². The van der Waals surface area contributed by atoms with Gasteiger partial charge in [0.25, 0.3) is 0 Å². The van der Waals surface area contributed by atoms with Gasteiger partial charge in [0, 0.05) is 0 Å². The molecule has 2 rings (SSSR count). The zero-order valence-electron chi connectivity index (χ0n) is 12.8. The van der Waals surface area contributed by atoms with Crippen LogP contribution in [0.1, 0.15) is 40.2 Å². The molecule has 0 aliphatic carbocycles. The first kappa shape index (κ1) is 15.0. The van der Waals surface area contributed by atoms with E-state index in [0.717, 1.165) is 11.0 Å². The molecule has 1 heterocycles. The van der Waals surface area contributed by atoms with Gasteiger partial charge in [-0.2, -0.15) is 0 Å². The Kier molecular flexibility index (Phi) is 3.89. The maximum atomic E-state index is 11.5. The zero-order chi connectivity index (χ0) is 15.0. The number of hydrogen-bond donors (Lipinski definition) is 0. The second kappa shape index (κ2) is 5.19. The van der Waals surface area contributed by atoms with Crippen LogP contribution in [0.3, 0.4) is 0 Å². The first-order valence-electron chi connectivity index (χ1n) is 6.86. The second-order valence-electron chi connectivity index (χ2n) is 6.16. The molecular formula is C16H21BO3. The molecule has 0 amide bonds. The van der Waals surface area contributed by atoms with Crippen LogP contribution in [-0.2, 0) is 14.1 Å². The number of carbonyl (C=O) groups excluding carboxylic acids is 1. The second-order valence-corrected chi connectivity index (χ2v) is 6.16. The number of hydrogen-bond acceptors (Lipinski definition) is 3. The summed E-state index contributed by atoms with van der Waals surface area (Å²) in [5, 5.41) is 0. The minimum absolute atomic E-state index is 0.0152. The van der Waals surface area contributed by atoms with Crippen LogP contribution in [0.2, 0.25) is 0 Å². The fourth-order valence-corrected chi connectivity index (χ4v) is 2.11. The Hall–Kier alpha value is -1.39. The van der Waals surface area contributed by atoms with Crippen LogP contribution in [0.4, 0.5) is 0 Å². The molecule has 106 valence electrons. The van der Waals surface area contributed by atoms with Crippen molar-refractivity contribution < 1.29 is 14.1 Å². The standard InChI is InChI=1S/C16H21BO3/c1-12(18)11-14(13-9-7-6-8-10-13)17-19-15(2,3)16(4,5)20-17/h6-11H,1-5H3. The van der Waals surface area contributed by atoms with Crippen LogP contribution in [0.5, 0.6) is 0 Å². The molecule has 0 aromatic heterocycles. The van der Waals surface area contributed by atoms with E-state index < -0.39 is 18.3 Å². The third-order valence-corrected chi connectivity index (χ3v) is 3.97. The molecule has 0 spiro atoms. The SMILES string of the molecule is CC(=O)C=C(B1OC(C)(C)C(C)(C)O1)c1ccccc1. The third-order valence-electron chi connectivity index (χ3n) is 3.97. The smallest absolute Gasteiger partial charge is 0.399 e. The first-order chi connectivity index (χ1) is 9.23. The lowest BCUT2D eigenvalue weighted by molar-refractivity contribution is -0.112. The highest BCUT2D eigenvalue weighted by molar-refractivity contribution is 6.69. The summed E-state index contributed by atoms with van der Waals surface area (Å²) in [5.41, 5.74) is 0.892. The number of carbonyl (C=O) groups is 1. The predicted octanol–water partition coefficient (Wildman–Crippen LogP) is 3.29. The quantitative estimate of drug-likeness (QED) is 0.625. The van der Waals surface area contributed by atoms with Crippen LogP contribution in [0.15, 0.2) is 36.4 Å². The number of allylic oxidation sites excluding steroid dienone is 1. The van der Waals surface area contributed by atoms with E-state index in [1.54, 1.807) is 6.08 Å². The van der Waals surface area contributed by atoms with Gasteiger partial charge in [-0.25, -0.2) is 0 Å². The van der Waals surface area contributed by atoms with Crippen molar-refractivity contribution in [3.8, 4) is 0 Å². The summed E-state index contributed by atoms with van der Waals surface area (Å²) >= 11 is 0.